The lowest BCUT2D eigenvalue weighted by molar-refractivity contribution is -0.289. The van der Waals surface area contributed by atoms with E-state index in [1.54, 1.807) is 0 Å². The zero-order valence-corrected chi connectivity index (χ0v) is 14.9. The molecule has 0 aliphatic carbocycles. The van der Waals surface area contributed by atoms with Gasteiger partial charge in [0, 0.05) is 29.1 Å². The van der Waals surface area contributed by atoms with Gasteiger partial charge in [0.2, 0.25) is 5.56 Å². The molecule has 1 heterocycles. The van der Waals surface area contributed by atoms with Crippen molar-refractivity contribution in [3.63, 3.8) is 0 Å². The molecule has 1 amide bonds. The van der Waals surface area contributed by atoms with Crippen LogP contribution in [0.25, 0.3) is 11.1 Å². The van der Waals surface area contributed by atoms with Crippen molar-refractivity contribution in [1.82, 2.24) is 4.98 Å². The average molecular weight is 426 g/mol. The van der Waals surface area contributed by atoms with E-state index in [0.29, 0.717) is 12.1 Å². The Morgan fingerprint density at radius 3 is 2.17 bits per heavy atom. The summed E-state index contributed by atoms with van der Waals surface area (Å²) in [4.78, 5) is 26.3. The van der Waals surface area contributed by atoms with Crippen LogP contribution >= 0.6 is 0 Å². The molecule has 0 radical (unpaired) electrons. The first-order chi connectivity index (χ1) is 14.0. The van der Waals surface area contributed by atoms with E-state index < -0.39 is 34.9 Å². The summed E-state index contributed by atoms with van der Waals surface area (Å²) < 4.78 is 79.2. The number of hydrogen-bond acceptors (Lipinski definition) is 2. The van der Waals surface area contributed by atoms with Gasteiger partial charge in [0.15, 0.2) is 0 Å². The summed E-state index contributed by atoms with van der Waals surface area (Å²) in [7, 11) is 0. The molecule has 0 aliphatic heterocycles. The van der Waals surface area contributed by atoms with Crippen molar-refractivity contribution < 1.29 is 31.1 Å². The van der Waals surface area contributed by atoms with Crippen molar-refractivity contribution in [1.29, 1.82) is 0 Å². The Morgan fingerprint density at radius 1 is 0.900 bits per heavy atom. The molecule has 0 atom stereocenters. The molecule has 0 fully saturated rings. The molecule has 0 spiro atoms. The molecule has 1 aromatic heterocycles. The van der Waals surface area contributed by atoms with Crippen molar-refractivity contribution in [2.24, 2.45) is 0 Å². The fourth-order valence-electron chi connectivity index (χ4n) is 2.69. The Hall–Kier alpha value is -3.56. The minimum atomic E-state index is -5.85. The number of halogens is 6. The van der Waals surface area contributed by atoms with Gasteiger partial charge in [0.25, 0.3) is 5.91 Å². The van der Waals surface area contributed by atoms with E-state index in [2.05, 4.69) is 10.3 Å². The van der Waals surface area contributed by atoms with E-state index >= 15 is 0 Å². The molecule has 3 rings (SSSR count). The Morgan fingerprint density at radius 2 is 1.57 bits per heavy atom. The minimum absolute atomic E-state index is 0.0484. The number of aromatic nitrogens is 1. The van der Waals surface area contributed by atoms with E-state index in [4.69, 9.17) is 0 Å². The van der Waals surface area contributed by atoms with Crippen molar-refractivity contribution in [2.45, 2.75) is 12.1 Å². The number of amides is 1. The third kappa shape index (κ3) is 4.22. The largest absolute Gasteiger partial charge is 0.458 e. The van der Waals surface area contributed by atoms with Crippen LogP contribution in [-0.4, -0.2) is 17.1 Å². The molecule has 4 nitrogen and oxygen atoms in total. The van der Waals surface area contributed by atoms with Gasteiger partial charge >= 0.3 is 12.1 Å². The first-order valence-corrected chi connectivity index (χ1v) is 8.34. The maximum atomic E-state index is 13.8. The van der Waals surface area contributed by atoms with Gasteiger partial charge in [-0.2, -0.15) is 22.0 Å². The number of nitrogens with one attached hydrogen (secondary N) is 2. The number of anilines is 1. The van der Waals surface area contributed by atoms with E-state index in [0.717, 1.165) is 36.4 Å². The number of rotatable bonds is 4. The molecule has 30 heavy (non-hydrogen) atoms. The molecule has 2 aromatic carbocycles. The SMILES string of the molecule is O=C(Nc1cc[nH]c(=O)c1)c1ccc(C(F)(F)C(F)(F)F)cc1-c1ccc(F)cc1. The minimum Gasteiger partial charge on any atom is -0.329 e. The summed E-state index contributed by atoms with van der Waals surface area (Å²) in [6.45, 7) is 0. The van der Waals surface area contributed by atoms with E-state index in [1.165, 1.54) is 12.3 Å². The molecule has 0 saturated carbocycles. The first kappa shape index (κ1) is 21.2. The average Bonchev–Trinajstić information content (AvgIpc) is 2.67. The van der Waals surface area contributed by atoms with E-state index in [-0.39, 0.29) is 22.4 Å². The van der Waals surface area contributed by atoms with Crippen LogP contribution in [-0.2, 0) is 5.92 Å². The Kier molecular flexibility index (Phi) is 5.43. The number of carbonyl (C=O) groups excluding carboxylic acids is 1. The highest BCUT2D eigenvalue weighted by molar-refractivity contribution is 6.08. The zero-order valence-electron chi connectivity index (χ0n) is 14.9. The Balaban J connectivity index is 2.11. The van der Waals surface area contributed by atoms with Crippen LogP contribution in [0.15, 0.2) is 65.6 Å². The number of alkyl halides is 5. The summed E-state index contributed by atoms with van der Waals surface area (Å²) in [6, 6.07) is 8.49. The Labute approximate surface area is 165 Å². The van der Waals surface area contributed by atoms with Gasteiger partial charge in [-0.05, 0) is 41.5 Å². The van der Waals surface area contributed by atoms with E-state index in [1.807, 2.05) is 0 Å². The second-order valence-corrected chi connectivity index (χ2v) is 6.24. The lowest BCUT2D eigenvalue weighted by atomic mass is 9.94. The van der Waals surface area contributed by atoms with Crippen LogP contribution in [0.5, 0.6) is 0 Å². The molecule has 3 aromatic rings. The standard InChI is InChI=1S/C20H12F6N2O2/c21-13-4-1-11(2-5-13)16-9-12(19(22,23)20(24,25)26)3-6-15(16)18(30)28-14-7-8-27-17(29)10-14/h1-10H,(H2,27,28,29,30). The molecule has 0 aliphatic rings. The summed E-state index contributed by atoms with van der Waals surface area (Å²) in [5.74, 6) is -6.68. The fourth-order valence-corrected chi connectivity index (χ4v) is 2.69. The third-order valence-corrected chi connectivity index (χ3v) is 4.17. The summed E-state index contributed by atoms with van der Waals surface area (Å²) in [5, 5.41) is 2.37. The van der Waals surface area contributed by atoms with Gasteiger partial charge in [-0.1, -0.05) is 18.2 Å². The van der Waals surface area contributed by atoms with Crippen LogP contribution in [0, 0.1) is 5.82 Å². The van der Waals surface area contributed by atoms with Gasteiger partial charge < -0.3 is 10.3 Å². The number of H-pyrrole nitrogens is 1. The maximum Gasteiger partial charge on any atom is 0.458 e. The van der Waals surface area contributed by atoms with Crippen LogP contribution in [0.1, 0.15) is 15.9 Å². The molecule has 2 N–H and O–H groups in total. The van der Waals surface area contributed by atoms with Crippen LogP contribution in [0.3, 0.4) is 0 Å². The van der Waals surface area contributed by atoms with Crippen LogP contribution in [0.4, 0.5) is 32.0 Å². The highest BCUT2D eigenvalue weighted by Crippen LogP contribution is 2.45. The molecule has 0 saturated heterocycles. The van der Waals surface area contributed by atoms with Crippen molar-refractivity contribution in [3.05, 3.63) is 88.1 Å². The first-order valence-electron chi connectivity index (χ1n) is 8.34. The van der Waals surface area contributed by atoms with Crippen LogP contribution in [0.2, 0.25) is 0 Å². The Bertz CT molecular complexity index is 1140. The third-order valence-electron chi connectivity index (χ3n) is 4.17. The quantitative estimate of drug-likeness (QED) is 0.571. The normalized spacial score (nSPS) is 11.9. The second-order valence-electron chi connectivity index (χ2n) is 6.24. The predicted molar refractivity (Wildman–Crippen MR) is 96.8 cm³/mol. The monoisotopic (exact) mass is 426 g/mol. The highest BCUT2D eigenvalue weighted by atomic mass is 19.4. The second kappa shape index (κ2) is 7.69. The van der Waals surface area contributed by atoms with Gasteiger partial charge in [0.1, 0.15) is 5.82 Å². The van der Waals surface area contributed by atoms with Crippen molar-refractivity contribution in [3.8, 4) is 11.1 Å². The van der Waals surface area contributed by atoms with Gasteiger partial charge in [-0.15, -0.1) is 0 Å². The highest BCUT2D eigenvalue weighted by Gasteiger charge is 2.58. The molecular formula is C20H12F6N2O2. The van der Waals surface area contributed by atoms with E-state index in [9.17, 15) is 35.9 Å². The summed E-state index contributed by atoms with van der Waals surface area (Å²) in [6.07, 6.45) is -4.59. The maximum absolute atomic E-state index is 13.8. The van der Waals surface area contributed by atoms with Gasteiger partial charge in [0.05, 0.1) is 0 Å². The number of hydrogen-bond donors (Lipinski definition) is 2. The topological polar surface area (TPSA) is 62.0 Å². The summed E-state index contributed by atoms with van der Waals surface area (Å²) >= 11 is 0. The number of carbonyl (C=O) groups is 1. The van der Waals surface area contributed by atoms with Gasteiger partial charge in [-0.25, -0.2) is 4.39 Å². The summed E-state index contributed by atoms with van der Waals surface area (Å²) in [5.41, 5.74) is -2.28. The predicted octanol–water partition coefficient (Wildman–Crippen LogP) is 5.09. The van der Waals surface area contributed by atoms with Crippen molar-refractivity contribution in [2.75, 3.05) is 5.32 Å². The fraction of sp³-hybridized carbons (Fsp3) is 0.100. The molecule has 0 unspecified atom stereocenters. The lowest BCUT2D eigenvalue weighted by Crippen LogP contribution is -2.33. The number of aromatic amines is 1. The molecule has 10 heteroatoms. The number of pyridine rings is 1. The zero-order chi connectivity index (χ0) is 22.1. The smallest absolute Gasteiger partial charge is 0.329 e. The molecule has 0 bridgehead atoms. The number of benzene rings is 2. The molecular weight excluding hydrogens is 414 g/mol. The van der Waals surface area contributed by atoms with Gasteiger partial charge in [-0.3, -0.25) is 9.59 Å². The lowest BCUT2D eigenvalue weighted by Gasteiger charge is -2.21. The van der Waals surface area contributed by atoms with Crippen LogP contribution < -0.4 is 10.9 Å². The van der Waals surface area contributed by atoms with Crippen molar-refractivity contribution >= 4 is 11.6 Å². The molecule has 156 valence electrons.